The number of aromatic nitrogens is 2. The maximum Gasteiger partial charge on any atom is 0.340 e. The number of esters is 1. The molecule has 0 saturated heterocycles. The highest BCUT2D eigenvalue weighted by molar-refractivity contribution is 5.91. The van der Waals surface area contributed by atoms with Crippen molar-refractivity contribution in [1.29, 1.82) is 0 Å². The summed E-state index contributed by atoms with van der Waals surface area (Å²) in [6, 6.07) is 0. The van der Waals surface area contributed by atoms with Crippen molar-refractivity contribution in [2.75, 3.05) is 6.61 Å². The standard InChI is InChI=1S/C10H12N2O2/c1-2-14-10(13)8-6-11-12-9-5-3-4-7(8)9/h6H,2-5H2,1H3. The van der Waals surface area contributed by atoms with Crippen LogP contribution in [-0.4, -0.2) is 22.8 Å². The molecule has 14 heavy (non-hydrogen) atoms. The molecule has 4 heteroatoms. The van der Waals surface area contributed by atoms with E-state index >= 15 is 0 Å². The van der Waals surface area contributed by atoms with Crippen molar-refractivity contribution >= 4 is 5.97 Å². The smallest absolute Gasteiger partial charge is 0.340 e. The average Bonchev–Trinajstić information content (AvgIpc) is 2.65. The molecule has 0 fully saturated rings. The first-order valence-electron chi connectivity index (χ1n) is 4.83. The highest BCUT2D eigenvalue weighted by Crippen LogP contribution is 2.22. The fourth-order valence-electron chi connectivity index (χ4n) is 1.75. The Morgan fingerprint density at radius 2 is 2.43 bits per heavy atom. The Morgan fingerprint density at radius 1 is 1.57 bits per heavy atom. The monoisotopic (exact) mass is 192 g/mol. The molecule has 0 N–H and O–H groups in total. The summed E-state index contributed by atoms with van der Waals surface area (Å²) in [4.78, 5) is 11.5. The van der Waals surface area contributed by atoms with E-state index in [4.69, 9.17) is 4.74 Å². The third kappa shape index (κ3) is 1.47. The largest absolute Gasteiger partial charge is 0.462 e. The summed E-state index contributed by atoms with van der Waals surface area (Å²) in [5, 5.41) is 7.81. The molecule has 1 heterocycles. The van der Waals surface area contributed by atoms with Crippen molar-refractivity contribution in [2.24, 2.45) is 0 Å². The summed E-state index contributed by atoms with van der Waals surface area (Å²) in [6.07, 6.45) is 4.40. The van der Waals surface area contributed by atoms with E-state index in [-0.39, 0.29) is 5.97 Å². The van der Waals surface area contributed by atoms with Crippen LogP contribution in [-0.2, 0) is 17.6 Å². The van der Waals surface area contributed by atoms with Crippen molar-refractivity contribution < 1.29 is 9.53 Å². The molecule has 0 aliphatic heterocycles. The second kappa shape index (κ2) is 3.74. The summed E-state index contributed by atoms with van der Waals surface area (Å²) < 4.78 is 4.95. The number of aryl methyl sites for hydroxylation is 1. The van der Waals surface area contributed by atoms with E-state index in [0.717, 1.165) is 30.5 Å². The zero-order valence-electron chi connectivity index (χ0n) is 8.12. The second-order valence-corrected chi connectivity index (χ2v) is 3.26. The van der Waals surface area contributed by atoms with E-state index in [0.29, 0.717) is 12.2 Å². The van der Waals surface area contributed by atoms with Crippen molar-refractivity contribution in [3.05, 3.63) is 23.0 Å². The Bertz CT molecular complexity index is 363. The molecule has 0 amide bonds. The molecule has 0 unspecified atom stereocenters. The Balaban J connectivity index is 2.34. The van der Waals surface area contributed by atoms with Crippen LogP contribution in [0.15, 0.2) is 6.20 Å². The fourth-order valence-corrected chi connectivity index (χ4v) is 1.75. The number of fused-ring (bicyclic) bond motifs is 1. The highest BCUT2D eigenvalue weighted by Gasteiger charge is 2.21. The van der Waals surface area contributed by atoms with Gasteiger partial charge in [0, 0.05) is 0 Å². The predicted octanol–water partition coefficient (Wildman–Crippen LogP) is 1.14. The van der Waals surface area contributed by atoms with Crippen LogP contribution in [0, 0.1) is 0 Å². The van der Waals surface area contributed by atoms with Gasteiger partial charge >= 0.3 is 5.97 Å². The van der Waals surface area contributed by atoms with Gasteiger partial charge in [-0.3, -0.25) is 0 Å². The van der Waals surface area contributed by atoms with Crippen LogP contribution in [0.2, 0.25) is 0 Å². The summed E-state index contributed by atoms with van der Waals surface area (Å²) >= 11 is 0. The van der Waals surface area contributed by atoms with Gasteiger partial charge < -0.3 is 4.74 Å². The van der Waals surface area contributed by atoms with Crippen LogP contribution in [0.3, 0.4) is 0 Å². The lowest BCUT2D eigenvalue weighted by atomic mass is 10.1. The van der Waals surface area contributed by atoms with Crippen molar-refractivity contribution in [3.63, 3.8) is 0 Å². The number of carbonyl (C=O) groups is 1. The minimum atomic E-state index is -0.277. The number of hydrogen-bond donors (Lipinski definition) is 0. The zero-order valence-corrected chi connectivity index (χ0v) is 8.12. The lowest BCUT2D eigenvalue weighted by molar-refractivity contribution is 0.0524. The molecule has 0 bridgehead atoms. The Hall–Kier alpha value is -1.45. The van der Waals surface area contributed by atoms with Gasteiger partial charge in [0.15, 0.2) is 0 Å². The van der Waals surface area contributed by atoms with Crippen molar-refractivity contribution in [2.45, 2.75) is 26.2 Å². The van der Waals surface area contributed by atoms with Gasteiger partial charge in [-0.05, 0) is 31.7 Å². The van der Waals surface area contributed by atoms with Gasteiger partial charge in [-0.15, -0.1) is 0 Å². The lowest BCUT2D eigenvalue weighted by Gasteiger charge is -2.05. The lowest BCUT2D eigenvalue weighted by Crippen LogP contribution is -2.09. The molecule has 4 nitrogen and oxygen atoms in total. The molecule has 0 spiro atoms. The number of ether oxygens (including phenoxy) is 1. The van der Waals surface area contributed by atoms with Crippen LogP contribution in [0.4, 0.5) is 0 Å². The van der Waals surface area contributed by atoms with E-state index in [1.807, 2.05) is 0 Å². The minimum Gasteiger partial charge on any atom is -0.462 e. The summed E-state index contributed by atoms with van der Waals surface area (Å²) in [5.74, 6) is -0.277. The minimum absolute atomic E-state index is 0.277. The van der Waals surface area contributed by atoms with Gasteiger partial charge in [-0.2, -0.15) is 10.2 Å². The first kappa shape index (κ1) is 9.12. The van der Waals surface area contributed by atoms with Crippen LogP contribution >= 0.6 is 0 Å². The SMILES string of the molecule is CCOC(=O)c1cnnc2c1CCC2. The zero-order chi connectivity index (χ0) is 9.97. The van der Waals surface area contributed by atoms with Gasteiger partial charge in [0.05, 0.1) is 24.1 Å². The van der Waals surface area contributed by atoms with E-state index in [1.165, 1.54) is 6.20 Å². The third-order valence-corrected chi connectivity index (χ3v) is 2.37. The van der Waals surface area contributed by atoms with Crippen LogP contribution in [0.25, 0.3) is 0 Å². The Kier molecular flexibility index (Phi) is 2.43. The van der Waals surface area contributed by atoms with Gasteiger partial charge in [-0.1, -0.05) is 0 Å². The summed E-state index contributed by atoms with van der Waals surface area (Å²) in [7, 11) is 0. The molecule has 0 radical (unpaired) electrons. The van der Waals surface area contributed by atoms with Gasteiger partial charge in [0.25, 0.3) is 0 Å². The van der Waals surface area contributed by atoms with Crippen LogP contribution in [0.5, 0.6) is 0 Å². The number of hydrogen-bond acceptors (Lipinski definition) is 4. The van der Waals surface area contributed by atoms with Gasteiger partial charge in [-0.25, -0.2) is 4.79 Å². The second-order valence-electron chi connectivity index (χ2n) is 3.26. The Morgan fingerprint density at radius 3 is 3.21 bits per heavy atom. The molecule has 0 aromatic carbocycles. The Labute approximate surface area is 82.3 Å². The molecule has 1 aromatic heterocycles. The van der Waals surface area contributed by atoms with Gasteiger partial charge in [0.2, 0.25) is 0 Å². The van der Waals surface area contributed by atoms with E-state index < -0.39 is 0 Å². The summed E-state index contributed by atoms with van der Waals surface area (Å²) in [5.41, 5.74) is 2.57. The van der Waals surface area contributed by atoms with E-state index in [9.17, 15) is 4.79 Å². The molecule has 74 valence electrons. The van der Waals surface area contributed by atoms with Crippen LogP contribution < -0.4 is 0 Å². The van der Waals surface area contributed by atoms with Crippen LogP contribution in [0.1, 0.15) is 35.0 Å². The number of rotatable bonds is 2. The number of nitrogens with zero attached hydrogens (tertiary/aromatic N) is 2. The molecule has 1 aromatic rings. The molecule has 1 aliphatic carbocycles. The fraction of sp³-hybridized carbons (Fsp3) is 0.500. The molecular weight excluding hydrogens is 180 g/mol. The topological polar surface area (TPSA) is 52.1 Å². The first-order chi connectivity index (χ1) is 6.83. The van der Waals surface area contributed by atoms with Crippen molar-refractivity contribution in [1.82, 2.24) is 10.2 Å². The maximum atomic E-state index is 11.5. The normalized spacial score (nSPS) is 13.8. The van der Waals surface area contributed by atoms with E-state index in [1.54, 1.807) is 6.92 Å². The predicted molar refractivity (Wildman–Crippen MR) is 50.0 cm³/mol. The quantitative estimate of drug-likeness (QED) is 0.659. The first-order valence-corrected chi connectivity index (χ1v) is 4.83. The molecule has 1 aliphatic rings. The van der Waals surface area contributed by atoms with Gasteiger partial charge in [0.1, 0.15) is 0 Å². The van der Waals surface area contributed by atoms with E-state index in [2.05, 4.69) is 10.2 Å². The average molecular weight is 192 g/mol. The van der Waals surface area contributed by atoms with Crippen molar-refractivity contribution in [3.8, 4) is 0 Å². The molecule has 0 atom stereocenters. The summed E-state index contributed by atoms with van der Waals surface area (Å²) in [6.45, 7) is 2.20. The third-order valence-electron chi connectivity index (χ3n) is 2.37. The molecule has 0 saturated carbocycles. The highest BCUT2D eigenvalue weighted by atomic mass is 16.5. The molecule has 2 rings (SSSR count). The number of carbonyl (C=O) groups excluding carboxylic acids is 1. The maximum absolute atomic E-state index is 11.5. The molecular formula is C10H12N2O2.